The Bertz CT molecular complexity index is 1110. The number of rotatable bonds is 30. The highest BCUT2D eigenvalue weighted by Crippen LogP contribution is 2.43. The molecular weight excluding hydrogens is 601 g/mol. The summed E-state index contributed by atoms with van der Waals surface area (Å²) in [6, 6.07) is 17.6. The normalized spacial score (nSPS) is 20.1. The van der Waals surface area contributed by atoms with E-state index >= 15 is 0 Å². The minimum atomic E-state index is -0.324. The molecule has 4 rings (SSSR count). The third kappa shape index (κ3) is 15.3. The van der Waals surface area contributed by atoms with Gasteiger partial charge in [-0.05, 0) is 60.1 Å². The van der Waals surface area contributed by atoms with Crippen molar-refractivity contribution in [3.05, 3.63) is 82.9 Å². The molecule has 2 aromatic rings. The predicted octanol–water partition coefficient (Wildman–Crippen LogP) is 13.5. The number of unbranched alkanes of at least 4 members (excludes halogenated alkanes) is 20. The van der Waals surface area contributed by atoms with Crippen LogP contribution >= 0.6 is 0 Å². The first kappa shape index (κ1) is 39.6. The molecule has 2 aliphatic rings. The Morgan fingerprint density at radius 1 is 0.510 bits per heavy atom. The van der Waals surface area contributed by atoms with Crippen LogP contribution in [0.15, 0.2) is 60.7 Å². The molecule has 2 fully saturated rings. The second kappa shape index (κ2) is 23.3. The topological polar surface area (TPSA) is 34.3 Å². The summed E-state index contributed by atoms with van der Waals surface area (Å²) in [7, 11) is 0. The first-order chi connectivity index (χ1) is 24.2. The molecule has 272 valence electrons. The van der Waals surface area contributed by atoms with Gasteiger partial charge in [0.25, 0.3) is 0 Å². The molecule has 0 amide bonds. The molecule has 3 nitrogen and oxygen atoms in total. The Morgan fingerprint density at radius 3 is 1.20 bits per heavy atom. The molecule has 2 heterocycles. The zero-order chi connectivity index (χ0) is 34.3. The van der Waals surface area contributed by atoms with Gasteiger partial charge >= 0.3 is 0 Å². The standard InChI is InChI=1S/C46H70O3/c1-3-5-7-9-11-13-15-17-19-21-23-25-29-41-31-27-33-43(35-41)45(39-48-45)37-47-38-46(40-49-46)44-34-28-32-42(36-44)30-26-24-22-20-18-16-14-12-10-8-6-4-2/h25-36H,3-24,37-40H2,1-2H3/b29-25+,30-26+. The predicted molar refractivity (Wildman–Crippen MR) is 210 cm³/mol. The highest BCUT2D eigenvalue weighted by molar-refractivity contribution is 5.52. The highest BCUT2D eigenvalue weighted by Gasteiger charge is 2.50. The van der Waals surface area contributed by atoms with Crippen molar-refractivity contribution < 1.29 is 14.2 Å². The van der Waals surface area contributed by atoms with Crippen molar-refractivity contribution in [1.29, 1.82) is 0 Å². The van der Waals surface area contributed by atoms with E-state index in [0.717, 1.165) is 12.8 Å². The van der Waals surface area contributed by atoms with Crippen LogP contribution in [0.3, 0.4) is 0 Å². The summed E-state index contributed by atoms with van der Waals surface area (Å²) in [5.41, 5.74) is 4.28. The maximum Gasteiger partial charge on any atom is 0.140 e. The van der Waals surface area contributed by atoms with Crippen LogP contribution in [-0.2, 0) is 25.4 Å². The second-order valence-electron chi connectivity index (χ2n) is 15.1. The molecule has 0 N–H and O–H groups in total. The molecule has 2 aromatic carbocycles. The molecule has 3 heteroatoms. The molecule has 0 aromatic heterocycles. The van der Waals surface area contributed by atoms with Gasteiger partial charge in [0.15, 0.2) is 0 Å². The molecule has 2 atom stereocenters. The van der Waals surface area contributed by atoms with Crippen molar-refractivity contribution in [3.8, 4) is 0 Å². The maximum absolute atomic E-state index is 6.35. The molecule has 2 saturated heterocycles. The summed E-state index contributed by atoms with van der Waals surface area (Å²) in [5, 5.41) is 0. The first-order valence-electron chi connectivity index (χ1n) is 20.6. The fourth-order valence-corrected chi connectivity index (χ4v) is 7.01. The Labute approximate surface area is 301 Å². The molecule has 0 saturated carbocycles. The lowest BCUT2D eigenvalue weighted by atomic mass is 9.97. The van der Waals surface area contributed by atoms with E-state index in [9.17, 15) is 0 Å². The molecule has 2 unspecified atom stereocenters. The third-order valence-corrected chi connectivity index (χ3v) is 10.6. The van der Waals surface area contributed by atoms with Crippen LogP contribution in [0.2, 0.25) is 0 Å². The maximum atomic E-state index is 6.35. The number of hydrogen-bond acceptors (Lipinski definition) is 3. The quantitative estimate of drug-likeness (QED) is 0.0613. The van der Waals surface area contributed by atoms with E-state index < -0.39 is 0 Å². The summed E-state index contributed by atoms with van der Waals surface area (Å²) in [5.74, 6) is 0. The Balaban J connectivity index is 1.11. The number of benzene rings is 2. The summed E-state index contributed by atoms with van der Waals surface area (Å²) in [4.78, 5) is 0. The van der Waals surface area contributed by atoms with E-state index in [4.69, 9.17) is 14.2 Å². The van der Waals surface area contributed by atoms with Gasteiger partial charge in [-0.15, -0.1) is 0 Å². The average Bonchev–Trinajstić information content (AvgIpc) is 4.07. The van der Waals surface area contributed by atoms with Crippen molar-refractivity contribution in [2.45, 2.75) is 166 Å². The first-order valence-corrected chi connectivity index (χ1v) is 20.6. The fourth-order valence-electron chi connectivity index (χ4n) is 7.01. The average molecular weight is 671 g/mol. The van der Waals surface area contributed by atoms with E-state index in [2.05, 4.69) is 86.7 Å². The summed E-state index contributed by atoms with van der Waals surface area (Å²) < 4.78 is 18.4. The minimum Gasteiger partial charge on any atom is -0.375 e. The van der Waals surface area contributed by atoms with Crippen LogP contribution in [0.25, 0.3) is 12.2 Å². The lowest BCUT2D eigenvalue weighted by molar-refractivity contribution is 0.0403. The fraction of sp³-hybridized carbons (Fsp3) is 0.652. The molecule has 0 aliphatic carbocycles. The number of epoxide rings is 2. The SMILES string of the molecule is CCCCCCCCCCCC/C=C/c1cccc(C2(COCC3(c4cccc(/C=C/CCCCCCCCCCCC)c4)CO3)CO2)c1. The summed E-state index contributed by atoms with van der Waals surface area (Å²) in [6.07, 6.45) is 39.2. The van der Waals surface area contributed by atoms with Gasteiger partial charge in [0.2, 0.25) is 0 Å². The van der Waals surface area contributed by atoms with E-state index in [1.165, 1.54) is 151 Å². The molecular formula is C46H70O3. The van der Waals surface area contributed by atoms with Crippen LogP contribution in [0, 0.1) is 0 Å². The number of ether oxygens (including phenoxy) is 3. The van der Waals surface area contributed by atoms with Crippen molar-refractivity contribution in [2.75, 3.05) is 26.4 Å². The van der Waals surface area contributed by atoms with E-state index in [-0.39, 0.29) is 11.2 Å². The summed E-state index contributed by atoms with van der Waals surface area (Å²) >= 11 is 0. The highest BCUT2D eigenvalue weighted by atomic mass is 16.6. The largest absolute Gasteiger partial charge is 0.375 e. The Morgan fingerprint density at radius 2 is 0.857 bits per heavy atom. The molecule has 0 bridgehead atoms. The molecule has 49 heavy (non-hydrogen) atoms. The van der Waals surface area contributed by atoms with E-state index in [1.54, 1.807) is 0 Å². The molecule has 2 aliphatic heterocycles. The zero-order valence-electron chi connectivity index (χ0n) is 31.5. The van der Waals surface area contributed by atoms with Crippen LogP contribution in [0.5, 0.6) is 0 Å². The van der Waals surface area contributed by atoms with E-state index in [1.807, 2.05) is 0 Å². The third-order valence-electron chi connectivity index (χ3n) is 10.6. The van der Waals surface area contributed by atoms with Crippen LogP contribution < -0.4 is 0 Å². The zero-order valence-corrected chi connectivity index (χ0v) is 31.5. The van der Waals surface area contributed by atoms with Crippen molar-refractivity contribution in [3.63, 3.8) is 0 Å². The Kier molecular flexibility index (Phi) is 18.8. The van der Waals surface area contributed by atoms with Gasteiger partial charge < -0.3 is 14.2 Å². The molecule has 0 spiro atoms. The van der Waals surface area contributed by atoms with Gasteiger partial charge in [-0.2, -0.15) is 0 Å². The number of hydrogen-bond donors (Lipinski definition) is 0. The minimum absolute atomic E-state index is 0.324. The molecule has 0 radical (unpaired) electrons. The lowest BCUT2D eigenvalue weighted by Gasteiger charge is -2.17. The Hall–Kier alpha value is -2.20. The smallest absolute Gasteiger partial charge is 0.140 e. The van der Waals surface area contributed by atoms with Gasteiger partial charge in [-0.1, -0.05) is 190 Å². The van der Waals surface area contributed by atoms with Gasteiger partial charge in [0, 0.05) is 0 Å². The van der Waals surface area contributed by atoms with Crippen LogP contribution in [0.1, 0.15) is 177 Å². The van der Waals surface area contributed by atoms with Crippen molar-refractivity contribution >= 4 is 12.2 Å². The van der Waals surface area contributed by atoms with Gasteiger partial charge in [0.1, 0.15) is 11.2 Å². The monoisotopic (exact) mass is 671 g/mol. The van der Waals surface area contributed by atoms with Gasteiger partial charge in [-0.3, -0.25) is 0 Å². The van der Waals surface area contributed by atoms with Gasteiger partial charge in [0.05, 0.1) is 26.4 Å². The van der Waals surface area contributed by atoms with Gasteiger partial charge in [-0.25, -0.2) is 0 Å². The van der Waals surface area contributed by atoms with Crippen LogP contribution in [-0.4, -0.2) is 26.4 Å². The van der Waals surface area contributed by atoms with Crippen molar-refractivity contribution in [1.82, 2.24) is 0 Å². The lowest BCUT2D eigenvalue weighted by Crippen LogP contribution is -2.23. The van der Waals surface area contributed by atoms with Crippen LogP contribution in [0.4, 0.5) is 0 Å². The van der Waals surface area contributed by atoms with E-state index in [0.29, 0.717) is 26.4 Å². The van der Waals surface area contributed by atoms with Crippen molar-refractivity contribution in [2.24, 2.45) is 0 Å². The summed E-state index contributed by atoms with van der Waals surface area (Å²) in [6.45, 7) is 7.12. The second-order valence-corrected chi connectivity index (χ2v) is 15.1. The number of allylic oxidation sites excluding steroid dienone is 2.